The zero-order valence-corrected chi connectivity index (χ0v) is 17.2. The lowest BCUT2D eigenvalue weighted by Gasteiger charge is -2.09. The van der Waals surface area contributed by atoms with Crippen LogP contribution in [0.5, 0.6) is 11.5 Å². The number of carbonyl (C=O) groups is 1. The number of benzene rings is 3. The minimum atomic E-state index is -4.88. The Labute approximate surface area is 179 Å². The molecule has 0 bridgehead atoms. The number of azo groups is 1. The molecule has 3 aromatic carbocycles. The van der Waals surface area contributed by atoms with E-state index < -0.39 is 58.7 Å². The van der Waals surface area contributed by atoms with Gasteiger partial charge in [0.05, 0.1) is 15.5 Å². The van der Waals surface area contributed by atoms with Crippen molar-refractivity contribution in [1.29, 1.82) is 0 Å². The minimum Gasteiger partial charge on any atom is -0.507 e. The summed E-state index contributed by atoms with van der Waals surface area (Å²) < 4.78 is 64.3. The third-order valence-electron chi connectivity index (χ3n) is 4.24. The Bertz CT molecular complexity index is 1530. The Balaban J connectivity index is 2.30. The predicted octanol–water partition coefficient (Wildman–Crippen LogP) is 2.44. The lowest BCUT2D eigenvalue weighted by atomic mass is 10.1. The quantitative estimate of drug-likeness (QED) is 0.175. The molecule has 15 heteroatoms. The molecule has 0 atom stereocenters. The number of nitrogen functional groups attached to an aromatic ring is 1. The van der Waals surface area contributed by atoms with E-state index in [-0.39, 0.29) is 22.1 Å². The fourth-order valence-electron chi connectivity index (χ4n) is 2.74. The predicted molar refractivity (Wildman–Crippen MR) is 109 cm³/mol. The number of nitrogens with two attached hydrogens (primary N) is 1. The van der Waals surface area contributed by atoms with Crippen LogP contribution in [0, 0.1) is 0 Å². The van der Waals surface area contributed by atoms with Gasteiger partial charge >= 0.3 is 5.97 Å². The van der Waals surface area contributed by atoms with Crippen LogP contribution < -0.4 is 5.73 Å². The summed E-state index contributed by atoms with van der Waals surface area (Å²) in [5.41, 5.74) is 3.91. The number of hydrogen-bond donors (Lipinski definition) is 6. The Kier molecular flexibility index (Phi) is 5.52. The Morgan fingerprint density at radius 3 is 2.00 bits per heavy atom. The number of rotatable bonds is 5. The average Bonchev–Trinajstić information content (AvgIpc) is 2.66. The molecule has 0 fully saturated rings. The number of phenols is 2. The van der Waals surface area contributed by atoms with E-state index in [9.17, 15) is 40.9 Å². The van der Waals surface area contributed by atoms with Gasteiger partial charge in [0.1, 0.15) is 22.7 Å². The van der Waals surface area contributed by atoms with E-state index in [4.69, 9.17) is 10.8 Å². The van der Waals surface area contributed by atoms with Crippen molar-refractivity contribution in [3.63, 3.8) is 0 Å². The van der Waals surface area contributed by atoms with E-state index in [1.807, 2.05) is 0 Å². The van der Waals surface area contributed by atoms with Gasteiger partial charge in [-0.2, -0.15) is 16.8 Å². The van der Waals surface area contributed by atoms with E-state index in [0.717, 1.165) is 12.1 Å². The summed E-state index contributed by atoms with van der Waals surface area (Å²) in [7, 11) is -9.61. The average molecular weight is 483 g/mol. The molecule has 13 nitrogen and oxygen atoms in total. The van der Waals surface area contributed by atoms with Gasteiger partial charge in [-0.15, -0.1) is 10.2 Å². The van der Waals surface area contributed by atoms with Gasteiger partial charge in [0.15, 0.2) is 5.75 Å². The first-order chi connectivity index (χ1) is 14.7. The van der Waals surface area contributed by atoms with Crippen molar-refractivity contribution in [3.05, 3.63) is 42.0 Å². The van der Waals surface area contributed by atoms with Crippen molar-refractivity contribution in [2.45, 2.75) is 9.79 Å². The van der Waals surface area contributed by atoms with Crippen LogP contribution in [-0.2, 0) is 20.2 Å². The molecule has 0 unspecified atom stereocenters. The smallest absolute Gasteiger partial charge is 0.339 e. The molecule has 0 aromatic heterocycles. The van der Waals surface area contributed by atoms with Gasteiger partial charge in [-0.05, 0) is 30.3 Å². The second-order valence-corrected chi connectivity index (χ2v) is 9.18. The molecule has 0 aliphatic rings. The first kappa shape index (κ1) is 22.9. The molecule has 0 aliphatic carbocycles. The van der Waals surface area contributed by atoms with Crippen LogP contribution in [0.4, 0.5) is 17.1 Å². The summed E-state index contributed by atoms with van der Waals surface area (Å²) in [5, 5.41) is 36.6. The monoisotopic (exact) mass is 483 g/mol. The Hall–Kier alpha value is -3.79. The molecular formula is C17H13N3O10S2. The number of aromatic carboxylic acids is 1. The third-order valence-corrected chi connectivity index (χ3v) is 5.90. The number of anilines is 1. The summed E-state index contributed by atoms with van der Waals surface area (Å²) >= 11 is 0. The van der Waals surface area contributed by atoms with Crippen LogP contribution in [-0.4, -0.2) is 47.2 Å². The molecule has 0 saturated carbocycles. The molecule has 3 rings (SSSR count). The van der Waals surface area contributed by atoms with Gasteiger partial charge in [-0.3, -0.25) is 9.11 Å². The second-order valence-electron chi connectivity index (χ2n) is 6.33. The highest BCUT2D eigenvalue weighted by molar-refractivity contribution is 7.86. The van der Waals surface area contributed by atoms with Crippen LogP contribution in [0.2, 0.25) is 0 Å². The maximum Gasteiger partial charge on any atom is 0.339 e. The molecule has 0 amide bonds. The SMILES string of the molecule is Nc1ccc2c(O)cc(S(=O)(=O)O)cc2c1N=Nc1cc(S(=O)(=O)O)cc(C(=O)O)c1O. The van der Waals surface area contributed by atoms with E-state index >= 15 is 0 Å². The summed E-state index contributed by atoms with van der Waals surface area (Å²) in [4.78, 5) is 9.71. The molecule has 7 N–H and O–H groups in total. The van der Waals surface area contributed by atoms with E-state index in [2.05, 4.69) is 10.2 Å². The van der Waals surface area contributed by atoms with Crippen molar-refractivity contribution in [2.24, 2.45) is 10.2 Å². The number of phenolic OH excluding ortho intramolecular Hbond substituents is 1. The van der Waals surface area contributed by atoms with Gasteiger partial charge in [-0.25, -0.2) is 4.79 Å². The maximum atomic E-state index is 11.5. The van der Waals surface area contributed by atoms with Crippen molar-refractivity contribution in [2.75, 3.05) is 5.73 Å². The molecule has 0 aliphatic heterocycles. The number of hydrogen-bond acceptors (Lipinski definition) is 10. The molecule has 32 heavy (non-hydrogen) atoms. The van der Waals surface area contributed by atoms with Crippen LogP contribution in [0.15, 0.2) is 56.4 Å². The van der Waals surface area contributed by atoms with Gasteiger partial charge in [0, 0.05) is 16.8 Å². The highest BCUT2D eigenvalue weighted by Crippen LogP contribution is 2.40. The van der Waals surface area contributed by atoms with Crippen molar-refractivity contribution in [1.82, 2.24) is 0 Å². The summed E-state index contributed by atoms with van der Waals surface area (Å²) in [6, 6.07) is 5.48. The molecule has 3 aromatic rings. The molecule has 168 valence electrons. The number of carboxylic acid groups (broad SMARTS) is 1. The van der Waals surface area contributed by atoms with E-state index in [0.29, 0.717) is 12.1 Å². The molecule has 0 saturated heterocycles. The normalized spacial score (nSPS) is 12.4. The molecular weight excluding hydrogens is 470 g/mol. The van der Waals surface area contributed by atoms with Gasteiger partial charge in [-0.1, -0.05) is 0 Å². The molecule has 0 heterocycles. The van der Waals surface area contributed by atoms with Crippen LogP contribution in [0.3, 0.4) is 0 Å². The van der Waals surface area contributed by atoms with Gasteiger partial charge in [0.2, 0.25) is 0 Å². The largest absolute Gasteiger partial charge is 0.507 e. The molecule has 0 spiro atoms. The van der Waals surface area contributed by atoms with E-state index in [1.54, 1.807) is 0 Å². The topological polar surface area (TPSA) is 237 Å². The summed E-state index contributed by atoms with van der Waals surface area (Å²) in [6.45, 7) is 0. The molecule has 0 radical (unpaired) electrons. The van der Waals surface area contributed by atoms with E-state index in [1.165, 1.54) is 12.1 Å². The standard InChI is InChI=1S/C17H13N3O10S2/c18-12-2-1-9-10(3-8(6-14(9)21)32(28,29)30)15(12)20-19-13-5-7(31(25,26)27)4-11(16(13)22)17(23)24/h1-6,21-22H,18H2,(H,23,24)(H,25,26,27)(H,28,29,30). The Morgan fingerprint density at radius 1 is 0.844 bits per heavy atom. The van der Waals surface area contributed by atoms with Crippen molar-refractivity contribution in [3.8, 4) is 11.5 Å². The fraction of sp³-hybridized carbons (Fsp3) is 0. The first-order valence-corrected chi connectivity index (χ1v) is 11.1. The van der Waals surface area contributed by atoms with Crippen LogP contribution in [0.25, 0.3) is 10.8 Å². The van der Waals surface area contributed by atoms with Crippen LogP contribution in [0.1, 0.15) is 10.4 Å². The zero-order chi connectivity index (χ0) is 24.0. The lowest BCUT2D eigenvalue weighted by Crippen LogP contribution is -2.03. The third kappa shape index (κ3) is 4.30. The highest BCUT2D eigenvalue weighted by atomic mass is 32.2. The zero-order valence-electron chi connectivity index (χ0n) is 15.5. The number of fused-ring (bicyclic) bond motifs is 1. The minimum absolute atomic E-state index is 0.0580. The highest BCUT2D eigenvalue weighted by Gasteiger charge is 2.21. The number of carboxylic acids is 1. The van der Waals surface area contributed by atoms with Gasteiger partial charge < -0.3 is 21.1 Å². The number of aromatic hydroxyl groups is 2. The maximum absolute atomic E-state index is 11.5. The number of nitrogens with zero attached hydrogens (tertiary/aromatic N) is 2. The summed E-state index contributed by atoms with van der Waals surface area (Å²) in [6.07, 6.45) is 0. The second kappa shape index (κ2) is 7.72. The van der Waals surface area contributed by atoms with Crippen LogP contribution >= 0.6 is 0 Å². The first-order valence-electron chi connectivity index (χ1n) is 8.22. The van der Waals surface area contributed by atoms with Crippen molar-refractivity contribution < 1.29 is 46.1 Å². The fourth-order valence-corrected chi connectivity index (χ4v) is 3.79. The summed E-state index contributed by atoms with van der Waals surface area (Å²) in [5.74, 6) is -3.25. The van der Waals surface area contributed by atoms with Gasteiger partial charge in [0.25, 0.3) is 20.2 Å². The van der Waals surface area contributed by atoms with Crippen molar-refractivity contribution >= 4 is 54.0 Å². The lowest BCUT2D eigenvalue weighted by molar-refractivity contribution is 0.0693. The Morgan fingerprint density at radius 2 is 1.44 bits per heavy atom.